The molecule has 0 atom stereocenters. The second-order valence-corrected chi connectivity index (χ2v) is 5.57. The first-order chi connectivity index (χ1) is 10.9. The standard InChI is InChI=1S/C15H19N3O5/c1-17-5-3-12(4-6-17)16-14(19)10-7-11(15(20)23-2)9-13(8-10)18(21)22/h7-9,12H,3-6H2,1-2H3,(H,16,19). The molecule has 0 bridgehead atoms. The van der Waals surface area contributed by atoms with Gasteiger partial charge in [0.05, 0.1) is 17.6 Å². The minimum Gasteiger partial charge on any atom is -0.465 e. The average Bonchev–Trinajstić information content (AvgIpc) is 2.55. The van der Waals surface area contributed by atoms with Crippen molar-refractivity contribution in [1.82, 2.24) is 10.2 Å². The normalized spacial score (nSPS) is 15.9. The molecule has 8 nitrogen and oxygen atoms in total. The van der Waals surface area contributed by atoms with E-state index in [0.29, 0.717) is 0 Å². The molecule has 1 saturated heterocycles. The average molecular weight is 321 g/mol. The van der Waals surface area contributed by atoms with Crippen molar-refractivity contribution in [2.75, 3.05) is 27.2 Å². The molecule has 0 spiro atoms. The smallest absolute Gasteiger partial charge is 0.338 e. The highest BCUT2D eigenvalue weighted by Gasteiger charge is 2.22. The number of hydrogen-bond acceptors (Lipinski definition) is 6. The van der Waals surface area contributed by atoms with Gasteiger partial charge in [-0.2, -0.15) is 0 Å². The van der Waals surface area contributed by atoms with E-state index in [2.05, 4.69) is 15.0 Å². The fraction of sp³-hybridized carbons (Fsp3) is 0.467. The Kier molecular flexibility index (Phi) is 5.28. The van der Waals surface area contributed by atoms with Crippen molar-refractivity contribution in [3.05, 3.63) is 39.4 Å². The molecule has 0 aromatic heterocycles. The summed E-state index contributed by atoms with van der Waals surface area (Å²) >= 11 is 0. The highest BCUT2D eigenvalue weighted by Crippen LogP contribution is 2.19. The van der Waals surface area contributed by atoms with Crippen LogP contribution < -0.4 is 5.32 Å². The molecule has 1 aliphatic heterocycles. The van der Waals surface area contributed by atoms with E-state index in [4.69, 9.17) is 0 Å². The fourth-order valence-electron chi connectivity index (χ4n) is 2.51. The summed E-state index contributed by atoms with van der Waals surface area (Å²) in [6.45, 7) is 1.76. The highest BCUT2D eigenvalue weighted by atomic mass is 16.6. The van der Waals surface area contributed by atoms with Gasteiger partial charge in [-0.15, -0.1) is 0 Å². The van der Waals surface area contributed by atoms with Crippen molar-refractivity contribution in [2.45, 2.75) is 18.9 Å². The summed E-state index contributed by atoms with van der Waals surface area (Å²) < 4.78 is 4.57. The van der Waals surface area contributed by atoms with E-state index in [-0.39, 0.29) is 22.9 Å². The maximum atomic E-state index is 12.3. The van der Waals surface area contributed by atoms with E-state index in [1.54, 1.807) is 0 Å². The predicted octanol–water partition coefficient (Wildman–Crippen LogP) is 1.21. The lowest BCUT2D eigenvalue weighted by Crippen LogP contribution is -2.43. The van der Waals surface area contributed by atoms with Gasteiger partial charge in [0.2, 0.25) is 0 Å². The number of rotatable bonds is 4. The third-order valence-electron chi connectivity index (χ3n) is 3.87. The van der Waals surface area contributed by atoms with Crippen LogP contribution in [0.4, 0.5) is 5.69 Å². The number of esters is 1. The lowest BCUT2D eigenvalue weighted by Gasteiger charge is -2.29. The van der Waals surface area contributed by atoms with Crippen molar-refractivity contribution in [2.24, 2.45) is 0 Å². The van der Waals surface area contributed by atoms with Gasteiger partial charge >= 0.3 is 5.97 Å². The lowest BCUT2D eigenvalue weighted by molar-refractivity contribution is -0.384. The predicted molar refractivity (Wildman–Crippen MR) is 82.4 cm³/mol. The van der Waals surface area contributed by atoms with Crippen molar-refractivity contribution >= 4 is 17.6 Å². The maximum Gasteiger partial charge on any atom is 0.338 e. The summed E-state index contributed by atoms with van der Waals surface area (Å²) in [5.74, 6) is -1.14. The number of piperidine rings is 1. The maximum absolute atomic E-state index is 12.3. The second kappa shape index (κ2) is 7.19. The Hall–Kier alpha value is -2.48. The third-order valence-corrected chi connectivity index (χ3v) is 3.87. The Bertz CT molecular complexity index is 624. The molecule has 1 heterocycles. The Labute approximate surface area is 133 Å². The number of methoxy groups -OCH3 is 1. The zero-order valence-corrected chi connectivity index (χ0v) is 13.1. The first-order valence-corrected chi connectivity index (χ1v) is 7.28. The van der Waals surface area contributed by atoms with Crippen LogP contribution in [0.2, 0.25) is 0 Å². The Morgan fingerprint density at radius 1 is 1.26 bits per heavy atom. The van der Waals surface area contributed by atoms with Crippen LogP contribution in [0, 0.1) is 10.1 Å². The number of carbonyl (C=O) groups excluding carboxylic acids is 2. The summed E-state index contributed by atoms with van der Waals surface area (Å²) in [5, 5.41) is 13.8. The fourth-order valence-corrected chi connectivity index (χ4v) is 2.51. The van der Waals surface area contributed by atoms with Crippen LogP contribution in [0.5, 0.6) is 0 Å². The summed E-state index contributed by atoms with van der Waals surface area (Å²) in [5.41, 5.74) is -0.254. The Morgan fingerprint density at radius 3 is 2.43 bits per heavy atom. The highest BCUT2D eigenvalue weighted by molar-refractivity contribution is 5.99. The number of hydrogen-bond donors (Lipinski definition) is 1. The SMILES string of the molecule is COC(=O)c1cc(C(=O)NC2CCN(C)CC2)cc([N+](=O)[O-])c1. The topological polar surface area (TPSA) is 102 Å². The number of ether oxygens (including phenoxy) is 1. The molecule has 2 rings (SSSR count). The molecule has 8 heteroatoms. The number of nitro benzene ring substituents is 1. The first kappa shape index (κ1) is 16.9. The van der Waals surface area contributed by atoms with Crippen molar-refractivity contribution in [3.63, 3.8) is 0 Å². The minimum absolute atomic E-state index is 0.0183. The molecule has 1 aromatic rings. The van der Waals surface area contributed by atoms with Gasteiger partial charge < -0.3 is 15.0 Å². The molecule has 0 saturated carbocycles. The summed E-state index contributed by atoms with van der Waals surface area (Å²) in [4.78, 5) is 36.5. The number of nitrogens with one attached hydrogen (secondary N) is 1. The monoisotopic (exact) mass is 321 g/mol. The molecular weight excluding hydrogens is 302 g/mol. The van der Waals surface area contributed by atoms with E-state index < -0.39 is 16.8 Å². The largest absolute Gasteiger partial charge is 0.465 e. The molecular formula is C15H19N3O5. The number of carbonyl (C=O) groups is 2. The van der Waals surface area contributed by atoms with Crippen LogP contribution in [-0.2, 0) is 4.74 Å². The molecule has 1 aliphatic rings. The molecule has 1 fully saturated rings. The van der Waals surface area contributed by atoms with E-state index >= 15 is 0 Å². The Morgan fingerprint density at radius 2 is 1.87 bits per heavy atom. The van der Waals surface area contributed by atoms with Crippen LogP contribution in [0.25, 0.3) is 0 Å². The van der Waals surface area contributed by atoms with Gasteiger partial charge in [0.25, 0.3) is 11.6 Å². The zero-order chi connectivity index (χ0) is 17.0. The molecule has 0 radical (unpaired) electrons. The molecule has 1 amide bonds. The van der Waals surface area contributed by atoms with Crippen LogP contribution in [0.15, 0.2) is 18.2 Å². The van der Waals surface area contributed by atoms with Gasteiger partial charge in [0.15, 0.2) is 0 Å². The number of amides is 1. The van der Waals surface area contributed by atoms with Gasteiger partial charge in [-0.1, -0.05) is 0 Å². The van der Waals surface area contributed by atoms with Gasteiger partial charge in [-0.05, 0) is 39.0 Å². The minimum atomic E-state index is -0.720. The number of nitrogens with zero attached hydrogens (tertiary/aromatic N) is 2. The van der Waals surface area contributed by atoms with Crippen LogP contribution in [0.1, 0.15) is 33.6 Å². The van der Waals surface area contributed by atoms with E-state index in [1.807, 2.05) is 7.05 Å². The number of likely N-dealkylation sites (tertiary alicyclic amines) is 1. The molecule has 23 heavy (non-hydrogen) atoms. The zero-order valence-electron chi connectivity index (χ0n) is 13.1. The number of nitro groups is 1. The second-order valence-electron chi connectivity index (χ2n) is 5.57. The van der Waals surface area contributed by atoms with Gasteiger partial charge in [-0.3, -0.25) is 14.9 Å². The van der Waals surface area contributed by atoms with Gasteiger partial charge in [0, 0.05) is 23.7 Å². The van der Waals surface area contributed by atoms with Crippen LogP contribution >= 0.6 is 0 Å². The summed E-state index contributed by atoms with van der Waals surface area (Å²) in [6, 6.07) is 3.59. The van der Waals surface area contributed by atoms with Crippen LogP contribution in [0.3, 0.4) is 0 Å². The van der Waals surface area contributed by atoms with Crippen LogP contribution in [-0.4, -0.2) is 55.0 Å². The Balaban J connectivity index is 2.19. The van der Waals surface area contributed by atoms with E-state index in [0.717, 1.165) is 38.1 Å². The molecule has 0 unspecified atom stereocenters. The molecule has 1 aromatic carbocycles. The summed E-state index contributed by atoms with van der Waals surface area (Å²) in [6.07, 6.45) is 1.64. The molecule has 0 aliphatic carbocycles. The third kappa shape index (κ3) is 4.26. The van der Waals surface area contributed by atoms with Crippen molar-refractivity contribution in [3.8, 4) is 0 Å². The van der Waals surface area contributed by atoms with E-state index in [1.165, 1.54) is 13.2 Å². The summed E-state index contributed by atoms with van der Waals surface area (Å²) in [7, 11) is 3.20. The molecule has 1 N–H and O–H groups in total. The number of benzene rings is 1. The van der Waals surface area contributed by atoms with Crippen molar-refractivity contribution in [1.29, 1.82) is 0 Å². The van der Waals surface area contributed by atoms with E-state index in [9.17, 15) is 19.7 Å². The molecule has 124 valence electrons. The number of non-ortho nitro benzene ring substituents is 1. The quantitative estimate of drug-likeness (QED) is 0.508. The van der Waals surface area contributed by atoms with Crippen molar-refractivity contribution < 1.29 is 19.2 Å². The van der Waals surface area contributed by atoms with Gasteiger partial charge in [-0.25, -0.2) is 4.79 Å². The first-order valence-electron chi connectivity index (χ1n) is 7.28. The van der Waals surface area contributed by atoms with Gasteiger partial charge in [0.1, 0.15) is 0 Å². The lowest BCUT2D eigenvalue weighted by atomic mass is 10.0.